The van der Waals surface area contributed by atoms with Gasteiger partial charge >= 0.3 is 0 Å². The first-order chi connectivity index (χ1) is 6.25. The number of β-amino-alcohol motifs (C(OH)–C–C–N with tert-alkyl or cyclic N) is 1. The van der Waals surface area contributed by atoms with Crippen molar-refractivity contribution in [1.29, 1.82) is 0 Å². The number of aromatic nitrogens is 1. The van der Waals surface area contributed by atoms with Crippen molar-refractivity contribution < 1.29 is 5.11 Å². The van der Waals surface area contributed by atoms with Crippen LogP contribution in [0.1, 0.15) is 19.0 Å². The summed E-state index contributed by atoms with van der Waals surface area (Å²) >= 11 is 1.62. The highest BCUT2D eigenvalue weighted by molar-refractivity contribution is 7.07. The first-order valence-corrected chi connectivity index (χ1v) is 5.49. The van der Waals surface area contributed by atoms with Gasteiger partial charge in [0.15, 0.2) is 0 Å². The van der Waals surface area contributed by atoms with Gasteiger partial charge in [-0.3, -0.25) is 4.90 Å². The molecule has 1 aliphatic rings. The highest BCUT2D eigenvalue weighted by Crippen LogP contribution is 2.19. The number of hydrogen-bond donors (Lipinski definition) is 1. The highest BCUT2D eigenvalue weighted by atomic mass is 32.1. The average Bonchev–Trinajstić information content (AvgIpc) is 2.63. The number of rotatable bonds is 2. The van der Waals surface area contributed by atoms with Crippen molar-refractivity contribution in [3.8, 4) is 0 Å². The van der Waals surface area contributed by atoms with Crippen LogP contribution in [0.4, 0.5) is 0 Å². The molecular weight excluding hydrogens is 184 g/mol. The van der Waals surface area contributed by atoms with E-state index in [1.54, 1.807) is 11.3 Å². The second-order valence-corrected chi connectivity index (χ2v) is 4.37. The zero-order chi connectivity index (χ0) is 9.26. The lowest BCUT2D eigenvalue weighted by Gasteiger charge is -2.18. The summed E-state index contributed by atoms with van der Waals surface area (Å²) in [5.74, 6) is 0. The van der Waals surface area contributed by atoms with Crippen LogP contribution in [0.5, 0.6) is 0 Å². The lowest BCUT2D eigenvalue weighted by molar-refractivity contribution is 0.172. The van der Waals surface area contributed by atoms with Crippen molar-refractivity contribution in [2.75, 3.05) is 6.54 Å². The van der Waals surface area contributed by atoms with Crippen LogP contribution in [0.25, 0.3) is 0 Å². The molecule has 1 saturated heterocycles. The van der Waals surface area contributed by atoms with Gasteiger partial charge in [-0.05, 0) is 13.3 Å². The second-order valence-electron chi connectivity index (χ2n) is 3.65. The van der Waals surface area contributed by atoms with Crippen LogP contribution in [-0.2, 0) is 6.54 Å². The summed E-state index contributed by atoms with van der Waals surface area (Å²) in [6.45, 7) is 3.82. The van der Waals surface area contributed by atoms with Gasteiger partial charge in [0.2, 0.25) is 0 Å². The van der Waals surface area contributed by atoms with E-state index in [1.807, 2.05) is 5.51 Å². The molecule has 2 rings (SSSR count). The summed E-state index contributed by atoms with van der Waals surface area (Å²) in [5.41, 5.74) is 2.97. The van der Waals surface area contributed by atoms with Crippen LogP contribution in [0, 0.1) is 0 Å². The van der Waals surface area contributed by atoms with Crippen molar-refractivity contribution in [3.05, 3.63) is 16.6 Å². The molecule has 0 amide bonds. The SMILES string of the molecule is CC1CC(O)CN1Cc1cscn1. The van der Waals surface area contributed by atoms with E-state index in [-0.39, 0.29) is 6.10 Å². The summed E-state index contributed by atoms with van der Waals surface area (Å²) in [7, 11) is 0. The second kappa shape index (κ2) is 3.74. The third kappa shape index (κ3) is 2.07. The number of aliphatic hydroxyl groups is 1. The number of thiazole rings is 1. The predicted molar refractivity (Wildman–Crippen MR) is 52.6 cm³/mol. The molecule has 1 aromatic rings. The van der Waals surface area contributed by atoms with Crippen molar-refractivity contribution in [1.82, 2.24) is 9.88 Å². The topological polar surface area (TPSA) is 36.4 Å². The lowest BCUT2D eigenvalue weighted by atomic mass is 10.2. The molecule has 0 aromatic carbocycles. The first-order valence-electron chi connectivity index (χ1n) is 4.55. The minimum Gasteiger partial charge on any atom is -0.392 e. The summed E-state index contributed by atoms with van der Waals surface area (Å²) < 4.78 is 0. The molecule has 2 unspecified atom stereocenters. The smallest absolute Gasteiger partial charge is 0.0795 e. The van der Waals surface area contributed by atoms with Gasteiger partial charge < -0.3 is 5.11 Å². The Morgan fingerprint density at radius 3 is 3.15 bits per heavy atom. The van der Waals surface area contributed by atoms with Crippen molar-refractivity contribution in [2.24, 2.45) is 0 Å². The van der Waals surface area contributed by atoms with E-state index in [2.05, 4.69) is 22.2 Å². The average molecular weight is 198 g/mol. The maximum absolute atomic E-state index is 9.44. The third-order valence-electron chi connectivity index (χ3n) is 2.53. The summed E-state index contributed by atoms with van der Waals surface area (Å²) in [6.07, 6.45) is 0.748. The Hall–Kier alpha value is -0.450. The summed E-state index contributed by atoms with van der Waals surface area (Å²) in [6, 6.07) is 0.483. The summed E-state index contributed by atoms with van der Waals surface area (Å²) in [5, 5.41) is 11.5. The maximum atomic E-state index is 9.44. The molecule has 1 fully saturated rings. The van der Waals surface area contributed by atoms with Crippen LogP contribution in [-0.4, -0.2) is 33.7 Å². The Balaban J connectivity index is 1.95. The standard InChI is InChI=1S/C9H14N2OS/c1-7-2-9(12)4-11(7)3-8-5-13-6-10-8/h5-7,9,12H,2-4H2,1H3. The van der Waals surface area contributed by atoms with Gasteiger partial charge in [-0.1, -0.05) is 0 Å². The lowest BCUT2D eigenvalue weighted by Crippen LogP contribution is -2.27. The third-order valence-corrected chi connectivity index (χ3v) is 3.17. The fourth-order valence-corrected chi connectivity index (χ4v) is 2.36. The maximum Gasteiger partial charge on any atom is 0.0795 e. The van der Waals surface area contributed by atoms with Gasteiger partial charge in [-0.2, -0.15) is 0 Å². The normalized spacial score (nSPS) is 29.7. The molecule has 0 bridgehead atoms. The van der Waals surface area contributed by atoms with Gasteiger partial charge in [0.1, 0.15) is 0 Å². The van der Waals surface area contributed by atoms with Crippen molar-refractivity contribution in [3.63, 3.8) is 0 Å². The van der Waals surface area contributed by atoms with E-state index in [0.717, 1.165) is 25.2 Å². The molecular formula is C9H14N2OS. The van der Waals surface area contributed by atoms with Crippen LogP contribution < -0.4 is 0 Å². The molecule has 2 heterocycles. The number of hydrogen-bond acceptors (Lipinski definition) is 4. The Labute approximate surface area is 82.0 Å². The Kier molecular flexibility index (Phi) is 2.62. The van der Waals surface area contributed by atoms with Crippen LogP contribution in [0.3, 0.4) is 0 Å². The first kappa shape index (κ1) is 9.12. The zero-order valence-corrected chi connectivity index (χ0v) is 8.50. The Bertz CT molecular complexity index is 263. The Morgan fingerprint density at radius 2 is 2.62 bits per heavy atom. The van der Waals surface area contributed by atoms with Gasteiger partial charge in [-0.25, -0.2) is 4.98 Å². The number of likely N-dealkylation sites (tertiary alicyclic amines) is 1. The fourth-order valence-electron chi connectivity index (χ4n) is 1.81. The molecule has 4 heteroatoms. The highest BCUT2D eigenvalue weighted by Gasteiger charge is 2.27. The molecule has 0 aliphatic carbocycles. The molecule has 1 aliphatic heterocycles. The van der Waals surface area contributed by atoms with E-state index in [4.69, 9.17) is 0 Å². The largest absolute Gasteiger partial charge is 0.392 e. The van der Waals surface area contributed by atoms with Gasteiger partial charge in [0, 0.05) is 24.5 Å². The Morgan fingerprint density at radius 1 is 1.77 bits per heavy atom. The van der Waals surface area contributed by atoms with Crippen molar-refractivity contribution >= 4 is 11.3 Å². The van der Waals surface area contributed by atoms with Crippen LogP contribution in [0.2, 0.25) is 0 Å². The van der Waals surface area contributed by atoms with Gasteiger partial charge in [-0.15, -0.1) is 11.3 Å². The number of nitrogens with zero attached hydrogens (tertiary/aromatic N) is 2. The van der Waals surface area contributed by atoms with E-state index >= 15 is 0 Å². The fraction of sp³-hybridized carbons (Fsp3) is 0.667. The van der Waals surface area contributed by atoms with E-state index in [0.29, 0.717) is 6.04 Å². The van der Waals surface area contributed by atoms with E-state index in [1.165, 1.54) is 0 Å². The van der Waals surface area contributed by atoms with Crippen molar-refractivity contribution in [2.45, 2.75) is 32.0 Å². The quantitative estimate of drug-likeness (QED) is 0.773. The molecule has 13 heavy (non-hydrogen) atoms. The minimum absolute atomic E-state index is 0.145. The van der Waals surface area contributed by atoms with E-state index in [9.17, 15) is 5.11 Å². The zero-order valence-electron chi connectivity index (χ0n) is 7.68. The molecule has 0 saturated carbocycles. The molecule has 3 nitrogen and oxygen atoms in total. The van der Waals surface area contributed by atoms with Crippen LogP contribution >= 0.6 is 11.3 Å². The van der Waals surface area contributed by atoms with Gasteiger partial charge in [0.05, 0.1) is 17.3 Å². The monoisotopic (exact) mass is 198 g/mol. The molecule has 72 valence electrons. The molecule has 2 atom stereocenters. The molecule has 0 radical (unpaired) electrons. The minimum atomic E-state index is -0.145. The predicted octanol–water partition coefficient (Wildman–Crippen LogP) is 1.10. The number of aliphatic hydroxyl groups excluding tert-OH is 1. The molecule has 1 aromatic heterocycles. The van der Waals surface area contributed by atoms with E-state index < -0.39 is 0 Å². The molecule has 1 N–H and O–H groups in total. The van der Waals surface area contributed by atoms with Crippen LogP contribution in [0.15, 0.2) is 10.9 Å². The summed E-state index contributed by atoms with van der Waals surface area (Å²) in [4.78, 5) is 6.51. The van der Waals surface area contributed by atoms with Gasteiger partial charge in [0.25, 0.3) is 0 Å². The molecule has 0 spiro atoms.